The average Bonchev–Trinajstić information content (AvgIpc) is 3.90. The SMILES string of the molecule is [2H]C1([2H])C(C(=O)Nc2ccc(CNC(=O)N3CCC(N4CCN(C(=O)CCSSC(C)(C)CC(=O)N/N=C5\CCOc6cc(OCCCC(=O)ON7C(=O)CCC7=O)ccc65)CC4)CC3)c(F)c2)C1c1cccnc1. The minimum absolute atomic E-state index is 0.0291. The number of carbonyl (C=O) groups is 7. The van der Waals surface area contributed by atoms with Crippen LogP contribution in [-0.2, 0) is 40.1 Å². The molecular weight excluding hydrogens is 982 g/mol. The molecule has 0 radical (unpaired) electrons. The lowest BCUT2D eigenvalue weighted by Gasteiger charge is -2.42. The van der Waals surface area contributed by atoms with E-state index >= 15 is 4.39 Å². The number of imide groups is 1. The number of piperidine rings is 1. The molecule has 5 aliphatic rings. The number of likely N-dealkylation sites (tertiary alicyclic amines) is 1. The Hall–Kier alpha value is -6.26. The fourth-order valence-electron chi connectivity index (χ4n) is 9.00. The van der Waals surface area contributed by atoms with Crippen LogP contribution in [-0.4, -0.2) is 141 Å². The highest BCUT2D eigenvalue weighted by Crippen LogP contribution is 2.47. The number of halogens is 1. The van der Waals surface area contributed by atoms with Crippen LogP contribution in [0.25, 0.3) is 0 Å². The first-order valence-corrected chi connectivity index (χ1v) is 26.9. The highest BCUT2D eigenvalue weighted by atomic mass is 33.1. The summed E-state index contributed by atoms with van der Waals surface area (Å²) >= 11 is 0. The second-order valence-electron chi connectivity index (χ2n) is 18.9. The highest BCUT2D eigenvalue weighted by Gasteiger charge is 2.44. The number of nitrogens with one attached hydrogen (secondary N) is 3. The minimum Gasteiger partial charge on any atom is -0.493 e. The molecule has 0 bridgehead atoms. The number of fused-ring (bicyclic) bond motifs is 1. The molecule has 4 fully saturated rings. The molecule has 1 saturated carbocycles. The molecular formula is C51H62FN9O10S2. The second-order valence-corrected chi connectivity index (χ2v) is 22.1. The minimum atomic E-state index is -1.74. The molecule has 5 heterocycles. The van der Waals surface area contributed by atoms with Crippen molar-refractivity contribution in [2.24, 2.45) is 11.0 Å². The summed E-state index contributed by atoms with van der Waals surface area (Å²) in [6.45, 7) is 8.31. The number of hydrazone groups is 1. The van der Waals surface area contributed by atoms with E-state index in [1.54, 1.807) is 69.2 Å². The zero-order valence-corrected chi connectivity index (χ0v) is 42.5. The second kappa shape index (κ2) is 24.6. The van der Waals surface area contributed by atoms with Gasteiger partial charge in [0.2, 0.25) is 17.7 Å². The van der Waals surface area contributed by atoms with E-state index in [0.29, 0.717) is 85.6 Å². The van der Waals surface area contributed by atoms with Crippen LogP contribution in [0.1, 0.15) is 103 Å². The van der Waals surface area contributed by atoms with Crippen molar-refractivity contribution in [2.75, 3.05) is 63.6 Å². The van der Waals surface area contributed by atoms with Crippen molar-refractivity contribution in [1.82, 2.24) is 35.5 Å². The Morgan fingerprint density at radius 2 is 1.74 bits per heavy atom. The van der Waals surface area contributed by atoms with Crippen molar-refractivity contribution in [3.63, 3.8) is 0 Å². The quantitative estimate of drug-likeness (QED) is 0.0528. The van der Waals surface area contributed by atoms with Crippen LogP contribution in [0.2, 0.25) is 0 Å². The van der Waals surface area contributed by atoms with E-state index in [0.717, 1.165) is 31.5 Å². The lowest BCUT2D eigenvalue weighted by Crippen LogP contribution is -2.55. The molecule has 390 valence electrons. The molecule has 1 aliphatic carbocycles. The molecule has 22 heteroatoms. The molecule has 73 heavy (non-hydrogen) atoms. The Kier molecular flexibility index (Phi) is 17.0. The van der Waals surface area contributed by atoms with Crippen LogP contribution in [0.4, 0.5) is 14.9 Å². The number of pyridine rings is 1. The van der Waals surface area contributed by atoms with Gasteiger partial charge in [0.15, 0.2) is 0 Å². The summed E-state index contributed by atoms with van der Waals surface area (Å²) in [6, 6.07) is 12.9. The van der Waals surface area contributed by atoms with E-state index in [1.807, 2.05) is 18.7 Å². The van der Waals surface area contributed by atoms with Crippen molar-refractivity contribution in [1.29, 1.82) is 0 Å². The summed E-state index contributed by atoms with van der Waals surface area (Å²) in [5, 5.41) is 10.4. The molecule has 3 aromatic rings. The molecule has 2 aromatic carbocycles. The summed E-state index contributed by atoms with van der Waals surface area (Å²) < 4.78 is 42.8. The zero-order chi connectivity index (χ0) is 53.3. The standard InChI is InChI=1S/C51H62FN9O10S2/c1-51(2,30-44(62)57-56-42-15-25-70-43-28-37(9-10-38(42)43)69-24-4-6-48(66)71-61-46(64)11-12-47(61)65)73-72-26-16-45(63)59-22-20-58(21-23-59)36-13-18-60(19-14-36)50(68)54-32-34-7-8-35(27-41(34)52)55-49(67)40-29-39(40)33-5-3-17-53-31-33/h3,5,7-10,17,27-28,31,36,39-40H,4,6,11-16,18-26,29-30,32H2,1-2H3,(H,54,68)(H,55,67)(H,57,62)/b56-42+/i29D2. The van der Waals surface area contributed by atoms with Crippen LogP contribution >= 0.6 is 21.6 Å². The van der Waals surface area contributed by atoms with Crippen LogP contribution in [0, 0.1) is 11.7 Å². The Morgan fingerprint density at radius 1 is 0.959 bits per heavy atom. The first-order chi connectivity index (χ1) is 36.0. The van der Waals surface area contributed by atoms with E-state index in [1.165, 1.54) is 18.2 Å². The number of hydrogen-bond acceptors (Lipinski definition) is 15. The van der Waals surface area contributed by atoms with Crippen LogP contribution in [0.5, 0.6) is 11.5 Å². The van der Waals surface area contributed by atoms with Gasteiger partial charge in [-0.15, -0.1) is 5.06 Å². The van der Waals surface area contributed by atoms with Crippen LogP contribution in [0.15, 0.2) is 66.0 Å². The van der Waals surface area contributed by atoms with Gasteiger partial charge in [-0.1, -0.05) is 33.7 Å². The molecule has 1 aromatic heterocycles. The van der Waals surface area contributed by atoms with Gasteiger partial charge in [0.05, 0.1) is 25.3 Å². The maximum Gasteiger partial charge on any atom is 0.333 e. The number of amides is 7. The molecule has 19 nitrogen and oxygen atoms in total. The summed E-state index contributed by atoms with van der Waals surface area (Å²) in [7, 11) is 3.12. The average molecular weight is 1050 g/mol. The molecule has 4 aliphatic heterocycles. The molecule has 2 atom stereocenters. The fourth-order valence-corrected chi connectivity index (χ4v) is 11.5. The zero-order valence-electron chi connectivity index (χ0n) is 42.9. The number of carbonyl (C=O) groups excluding carboxylic acids is 7. The molecule has 3 saturated heterocycles. The Morgan fingerprint density at radius 3 is 2.48 bits per heavy atom. The van der Waals surface area contributed by atoms with Gasteiger partial charge in [-0.3, -0.25) is 33.9 Å². The maximum absolute atomic E-state index is 15.1. The lowest BCUT2D eigenvalue weighted by atomic mass is 10.0. The number of nitrogens with zero attached hydrogens (tertiary/aromatic N) is 6. The van der Waals surface area contributed by atoms with Gasteiger partial charge >= 0.3 is 12.0 Å². The third-order valence-electron chi connectivity index (χ3n) is 13.0. The number of hydroxylamine groups is 2. The predicted molar refractivity (Wildman–Crippen MR) is 272 cm³/mol. The van der Waals surface area contributed by atoms with Crippen molar-refractivity contribution < 1.29 is 55.0 Å². The summed E-state index contributed by atoms with van der Waals surface area (Å²) in [5.74, 6) is -2.92. The number of benzene rings is 2. The van der Waals surface area contributed by atoms with E-state index in [4.69, 9.17) is 17.1 Å². The lowest BCUT2D eigenvalue weighted by molar-refractivity contribution is -0.197. The Balaban J connectivity index is 0.670. The number of hydrogen-bond donors (Lipinski definition) is 3. The highest BCUT2D eigenvalue weighted by molar-refractivity contribution is 8.77. The van der Waals surface area contributed by atoms with E-state index < -0.39 is 52.5 Å². The maximum atomic E-state index is 15.1. The number of anilines is 1. The third kappa shape index (κ3) is 14.7. The van der Waals surface area contributed by atoms with Gasteiger partial charge in [0, 0.05) is 138 Å². The van der Waals surface area contributed by atoms with Crippen molar-refractivity contribution in [2.45, 2.75) is 101 Å². The van der Waals surface area contributed by atoms with Gasteiger partial charge in [0.1, 0.15) is 17.3 Å². The van der Waals surface area contributed by atoms with Crippen LogP contribution < -0.4 is 25.5 Å². The molecule has 0 spiro atoms. The monoisotopic (exact) mass is 1050 g/mol. The van der Waals surface area contributed by atoms with Gasteiger partial charge in [-0.25, -0.2) is 19.4 Å². The van der Waals surface area contributed by atoms with Gasteiger partial charge in [-0.05, 0) is 81.3 Å². The Labute approximate surface area is 434 Å². The molecule has 2 unspecified atom stereocenters. The van der Waals surface area contributed by atoms with E-state index in [-0.39, 0.29) is 74.0 Å². The van der Waals surface area contributed by atoms with Crippen molar-refractivity contribution in [3.8, 4) is 11.5 Å². The predicted octanol–water partition coefficient (Wildman–Crippen LogP) is 5.79. The number of ether oxygens (including phenoxy) is 2. The summed E-state index contributed by atoms with van der Waals surface area (Å²) in [5.41, 5.74) is 5.18. The number of aromatic nitrogens is 1. The summed E-state index contributed by atoms with van der Waals surface area (Å²) in [4.78, 5) is 103. The van der Waals surface area contributed by atoms with E-state index in [2.05, 4.69) is 31.0 Å². The molecule has 3 N–H and O–H groups in total. The number of piperazine rings is 1. The molecule has 8 rings (SSSR count). The fraction of sp³-hybridized carbons (Fsp3) is 0.510. The number of urea groups is 1. The smallest absolute Gasteiger partial charge is 0.333 e. The summed E-state index contributed by atoms with van der Waals surface area (Å²) in [6.07, 6.45) is 4.35. The van der Waals surface area contributed by atoms with E-state index in [9.17, 15) is 33.6 Å². The van der Waals surface area contributed by atoms with Crippen LogP contribution in [0.3, 0.4) is 0 Å². The molecule has 7 amide bonds. The normalized spacial score (nSPS) is 20.9. The third-order valence-corrected chi connectivity index (χ3v) is 16.3. The largest absolute Gasteiger partial charge is 0.493 e. The van der Waals surface area contributed by atoms with Gasteiger partial charge < -0.3 is 34.7 Å². The van der Waals surface area contributed by atoms with Crippen molar-refractivity contribution in [3.05, 3.63) is 83.4 Å². The first-order valence-electron chi connectivity index (χ1n) is 25.6. The first kappa shape index (κ1) is 50.3. The van der Waals surface area contributed by atoms with Gasteiger partial charge in [-0.2, -0.15) is 5.10 Å². The topological polar surface area (TPSA) is 221 Å². The van der Waals surface area contributed by atoms with Gasteiger partial charge in [0.25, 0.3) is 11.8 Å². The number of rotatable bonds is 20. The van der Waals surface area contributed by atoms with Crippen molar-refractivity contribution >= 4 is 74.5 Å². The Bertz CT molecular complexity index is 2640.